The molecule has 0 aliphatic carbocycles. The van der Waals surface area contributed by atoms with Crippen molar-refractivity contribution >= 4 is 34.0 Å². The molecule has 0 unspecified atom stereocenters. The molecule has 1 aromatic heterocycles. The smallest absolute Gasteiger partial charge is 0.324 e. The highest BCUT2D eigenvalue weighted by molar-refractivity contribution is 7.84. The Kier molecular flexibility index (Phi) is 5.00. The first kappa shape index (κ1) is 19.0. The lowest BCUT2D eigenvalue weighted by molar-refractivity contribution is -0.158. The van der Waals surface area contributed by atoms with Gasteiger partial charge in [-0.05, 0) is 12.1 Å². The van der Waals surface area contributed by atoms with E-state index in [2.05, 4.69) is 15.5 Å². The number of hydrogen-bond acceptors (Lipinski definition) is 5. The number of fused-ring (bicyclic) bond motifs is 1. The Labute approximate surface area is 153 Å². The van der Waals surface area contributed by atoms with Gasteiger partial charge < -0.3 is 5.32 Å². The van der Waals surface area contributed by atoms with E-state index in [1.165, 1.54) is 30.5 Å². The average Bonchev–Trinajstić information content (AvgIpc) is 2.96. The van der Waals surface area contributed by atoms with Crippen LogP contribution in [0, 0.1) is 0 Å². The van der Waals surface area contributed by atoms with Gasteiger partial charge in [-0.3, -0.25) is 23.3 Å². The lowest BCUT2D eigenvalue weighted by Gasteiger charge is -2.31. The Morgan fingerprint density at radius 3 is 2.74 bits per heavy atom. The molecule has 2 amide bonds. The molecule has 1 aromatic carbocycles. The number of hydrogen-bond donors (Lipinski definition) is 1. The van der Waals surface area contributed by atoms with E-state index in [-0.39, 0.29) is 16.5 Å². The maximum atomic E-state index is 13.6. The summed E-state index contributed by atoms with van der Waals surface area (Å²) in [5.41, 5.74) is 0.0357. The van der Waals surface area contributed by atoms with Crippen LogP contribution in [0.25, 0.3) is 0 Å². The van der Waals surface area contributed by atoms with Crippen molar-refractivity contribution in [3.63, 3.8) is 0 Å². The molecule has 1 aliphatic heterocycles. The van der Waals surface area contributed by atoms with Gasteiger partial charge in [0.15, 0.2) is 0 Å². The monoisotopic (exact) mass is 401 g/mol. The van der Waals surface area contributed by atoms with Crippen LogP contribution >= 0.6 is 0 Å². The lowest BCUT2D eigenvalue weighted by Crippen LogP contribution is -2.50. The van der Waals surface area contributed by atoms with E-state index in [4.69, 9.17) is 0 Å². The predicted molar refractivity (Wildman–Crippen MR) is 89.4 cm³/mol. The molecule has 3 rings (SSSR count). The zero-order chi connectivity index (χ0) is 19.8. The van der Waals surface area contributed by atoms with Gasteiger partial charge in [0.25, 0.3) is 0 Å². The van der Waals surface area contributed by atoms with Crippen molar-refractivity contribution in [1.82, 2.24) is 14.8 Å². The van der Waals surface area contributed by atoms with Gasteiger partial charge >= 0.3 is 6.18 Å². The third kappa shape index (κ3) is 3.84. The second-order valence-electron chi connectivity index (χ2n) is 5.79. The number of para-hydroxylation sites is 2. The SMILES string of the molecule is C[S@@](=O)c1nncn1CC(=O)N1c2ccccc2NC(=O)C[C@@H]1C(F)(F)F. The van der Waals surface area contributed by atoms with E-state index in [0.29, 0.717) is 4.90 Å². The van der Waals surface area contributed by atoms with Crippen LogP contribution in [0.4, 0.5) is 24.5 Å². The first-order valence-corrected chi connectivity index (χ1v) is 9.23. The van der Waals surface area contributed by atoms with Crippen LogP contribution in [-0.2, 0) is 26.9 Å². The third-order valence-corrected chi connectivity index (χ3v) is 4.75. The molecule has 0 bridgehead atoms. The number of alkyl halides is 3. The summed E-state index contributed by atoms with van der Waals surface area (Å²) in [5, 5.41) is 9.50. The lowest BCUT2D eigenvalue weighted by atomic mass is 10.1. The van der Waals surface area contributed by atoms with Gasteiger partial charge in [0.05, 0.1) is 28.6 Å². The van der Waals surface area contributed by atoms with E-state index in [9.17, 15) is 27.0 Å². The maximum absolute atomic E-state index is 13.6. The van der Waals surface area contributed by atoms with Crippen molar-refractivity contribution < 1.29 is 27.0 Å². The Hall–Kier alpha value is -2.76. The molecule has 1 N–H and O–H groups in total. The number of carbonyl (C=O) groups excluding carboxylic acids is 2. The molecule has 27 heavy (non-hydrogen) atoms. The first-order chi connectivity index (χ1) is 12.7. The number of anilines is 2. The molecular formula is C15H14F3N5O3S. The Morgan fingerprint density at radius 1 is 1.37 bits per heavy atom. The van der Waals surface area contributed by atoms with Gasteiger partial charge in [-0.1, -0.05) is 12.1 Å². The van der Waals surface area contributed by atoms with Crippen molar-refractivity contribution in [2.24, 2.45) is 0 Å². The fourth-order valence-corrected chi connectivity index (χ4v) is 3.40. The summed E-state index contributed by atoms with van der Waals surface area (Å²) in [5.74, 6) is -1.78. The van der Waals surface area contributed by atoms with Gasteiger partial charge in [-0.15, -0.1) is 10.2 Å². The second kappa shape index (κ2) is 7.10. The summed E-state index contributed by atoms with van der Waals surface area (Å²) in [7, 11) is -1.58. The van der Waals surface area contributed by atoms with Crippen molar-refractivity contribution in [3.05, 3.63) is 30.6 Å². The summed E-state index contributed by atoms with van der Waals surface area (Å²) in [6, 6.07) is 3.41. The zero-order valence-corrected chi connectivity index (χ0v) is 14.8. The number of nitrogens with one attached hydrogen (secondary N) is 1. The summed E-state index contributed by atoms with van der Waals surface area (Å²) in [6.07, 6.45) is -3.33. The standard InChI is InChI=1S/C15H14F3N5O3S/c1-27(26)14-21-19-8-22(14)7-13(25)23-10-5-3-2-4-9(10)20-12(24)6-11(23)15(16,17)18/h2-5,8,11H,6-7H2,1H3,(H,20,24)/t11-,27-/m1/s1. The van der Waals surface area contributed by atoms with Crippen molar-refractivity contribution in [1.29, 1.82) is 0 Å². The van der Waals surface area contributed by atoms with E-state index >= 15 is 0 Å². The summed E-state index contributed by atoms with van der Waals surface area (Å²) < 4.78 is 53.6. The van der Waals surface area contributed by atoms with E-state index in [1.807, 2.05) is 0 Å². The normalized spacial score (nSPS) is 18.4. The van der Waals surface area contributed by atoms with Crippen LogP contribution < -0.4 is 10.2 Å². The molecule has 0 fully saturated rings. The topological polar surface area (TPSA) is 97.2 Å². The van der Waals surface area contributed by atoms with Gasteiger partial charge in [-0.2, -0.15) is 13.2 Å². The minimum absolute atomic E-state index is 0.0378. The maximum Gasteiger partial charge on any atom is 0.409 e. The fourth-order valence-electron chi connectivity index (χ4n) is 2.79. The molecule has 2 aromatic rings. The van der Waals surface area contributed by atoms with Crippen LogP contribution in [0.3, 0.4) is 0 Å². The minimum Gasteiger partial charge on any atom is -0.324 e. The number of rotatable bonds is 3. The van der Waals surface area contributed by atoms with Gasteiger partial charge in [0, 0.05) is 6.26 Å². The van der Waals surface area contributed by atoms with Gasteiger partial charge in [0.2, 0.25) is 17.0 Å². The Morgan fingerprint density at radius 2 is 2.07 bits per heavy atom. The number of carbonyl (C=O) groups is 2. The molecule has 8 nitrogen and oxygen atoms in total. The highest BCUT2D eigenvalue weighted by Crippen LogP contribution is 2.37. The minimum atomic E-state index is -4.83. The summed E-state index contributed by atoms with van der Waals surface area (Å²) in [6.45, 7) is -0.559. The van der Waals surface area contributed by atoms with Crippen LogP contribution in [0.15, 0.2) is 35.7 Å². The van der Waals surface area contributed by atoms with Crippen LogP contribution in [0.1, 0.15) is 6.42 Å². The Bertz CT molecular complexity index is 914. The molecule has 0 radical (unpaired) electrons. The Balaban J connectivity index is 2.05. The van der Waals surface area contributed by atoms with E-state index in [1.54, 1.807) is 0 Å². The molecule has 12 heteroatoms. The van der Waals surface area contributed by atoms with Crippen molar-refractivity contribution in [2.75, 3.05) is 16.5 Å². The molecule has 0 saturated carbocycles. The van der Waals surface area contributed by atoms with Gasteiger partial charge in [-0.25, -0.2) is 0 Å². The summed E-state index contributed by atoms with van der Waals surface area (Å²) >= 11 is 0. The summed E-state index contributed by atoms with van der Waals surface area (Å²) in [4.78, 5) is 25.3. The molecule has 144 valence electrons. The molecule has 2 atom stereocenters. The molecule has 0 spiro atoms. The predicted octanol–water partition coefficient (Wildman–Crippen LogP) is 1.32. The van der Waals surface area contributed by atoms with Gasteiger partial charge in [0.1, 0.15) is 18.9 Å². The quantitative estimate of drug-likeness (QED) is 0.837. The number of aromatic nitrogens is 3. The van der Waals surface area contributed by atoms with Crippen LogP contribution in [0.5, 0.6) is 0 Å². The average molecular weight is 401 g/mol. The third-order valence-electron chi connectivity index (χ3n) is 3.92. The first-order valence-electron chi connectivity index (χ1n) is 7.67. The number of benzene rings is 1. The number of amides is 2. The van der Waals surface area contributed by atoms with Crippen LogP contribution in [0.2, 0.25) is 0 Å². The van der Waals surface area contributed by atoms with E-state index in [0.717, 1.165) is 10.9 Å². The highest BCUT2D eigenvalue weighted by atomic mass is 32.2. The molecule has 1 aliphatic rings. The highest BCUT2D eigenvalue weighted by Gasteiger charge is 2.49. The van der Waals surface area contributed by atoms with Crippen molar-refractivity contribution in [2.45, 2.75) is 30.3 Å². The second-order valence-corrected chi connectivity index (χ2v) is 7.06. The molecule has 0 saturated heterocycles. The zero-order valence-electron chi connectivity index (χ0n) is 13.9. The van der Waals surface area contributed by atoms with E-state index < -0.39 is 47.8 Å². The largest absolute Gasteiger partial charge is 0.409 e. The number of halogens is 3. The number of nitrogens with zero attached hydrogens (tertiary/aromatic N) is 4. The van der Waals surface area contributed by atoms with Crippen molar-refractivity contribution in [3.8, 4) is 0 Å². The fraction of sp³-hybridized carbons (Fsp3) is 0.333. The van der Waals surface area contributed by atoms with Crippen LogP contribution in [-0.4, -0.2) is 49.3 Å². The molecular weight excluding hydrogens is 387 g/mol. The molecule has 2 heterocycles.